The molecule has 0 spiro atoms. The lowest BCUT2D eigenvalue weighted by Gasteiger charge is -2.33. The number of esters is 2. The Morgan fingerprint density at radius 1 is 1.25 bits per heavy atom. The van der Waals surface area contributed by atoms with Crippen LogP contribution in [0.5, 0.6) is 5.95 Å². The summed E-state index contributed by atoms with van der Waals surface area (Å²) in [5.41, 5.74) is -0.0915. The normalized spacial score (nSPS) is 19.3. The molecule has 0 radical (unpaired) electrons. The first-order chi connectivity index (χ1) is 11.6. The standard InChI is InChI=1S/C18H18O6/c1-3-18(24-15(19)12-8-6-5-7-9-12)14-11-22-16(21-4-2)13(14)10-23-17(18)20/h5-9,11H,3-4,10H2,1-2H3. The molecule has 126 valence electrons. The number of hydrogen-bond acceptors (Lipinski definition) is 6. The molecule has 0 fully saturated rings. The SMILES string of the molecule is CCOc1occ2c1COC(=O)C2(CC)OC(=O)c1ccccc1. The van der Waals surface area contributed by atoms with Gasteiger partial charge < -0.3 is 18.6 Å². The fourth-order valence-electron chi connectivity index (χ4n) is 2.75. The lowest BCUT2D eigenvalue weighted by Crippen LogP contribution is -2.44. The molecule has 0 saturated heterocycles. The van der Waals surface area contributed by atoms with Crippen molar-refractivity contribution < 1.29 is 28.2 Å². The van der Waals surface area contributed by atoms with E-state index in [1.807, 2.05) is 6.92 Å². The van der Waals surface area contributed by atoms with Crippen LogP contribution in [0.4, 0.5) is 0 Å². The minimum atomic E-state index is -1.53. The second-order valence-corrected chi connectivity index (χ2v) is 5.36. The molecule has 6 heteroatoms. The maximum atomic E-state index is 12.5. The van der Waals surface area contributed by atoms with E-state index >= 15 is 0 Å². The van der Waals surface area contributed by atoms with Crippen LogP contribution >= 0.6 is 0 Å². The van der Waals surface area contributed by atoms with Gasteiger partial charge in [0.2, 0.25) is 5.60 Å². The molecule has 0 saturated carbocycles. The Labute approximate surface area is 139 Å². The smallest absolute Gasteiger partial charge is 0.355 e. The van der Waals surface area contributed by atoms with Crippen molar-refractivity contribution in [2.45, 2.75) is 32.5 Å². The average Bonchev–Trinajstić information content (AvgIpc) is 3.02. The van der Waals surface area contributed by atoms with Crippen LogP contribution < -0.4 is 4.74 Å². The van der Waals surface area contributed by atoms with Crippen LogP contribution in [0.2, 0.25) is 0 Å². The van der Waals surface area contributed by atoms with Gasteiger partial charge in [-0.05, 0) is 25.5 Å². The van der Waals surface area contributed by atoms with E-state index in [9.17, 15) is 9.59 Å². The first-order valence-corrected chi connectivity index (χ1v) is 7.81. The molecule has 0 N–H and O–H groups in total. The topological polar surface area (TPSA) is 75.0 Å². The maximum absolute atomic E-state index is 12.5. The van der Waals surface area contributed by atoms with Gasteiger partial charge in [0.05, 0.1) is 23.3 Å². The van der Waals surface area contributed by atoms with Crippen molar-refractivity contribution in [3.05, 3.63) is 53.3 Å². The summed E-state index contributed by atoms with van der Waals surface area (Å²) in [4.78, 5) is 24.9. The average molecular weight is 330 g/mol. The van der Waals surface area contributed by atoms with Crippen LogP contribution in [0.1, 0.15) is 41.8 Å². The van der Waals surface area contributed by atoms with Crippen molar-refractivity contribution in [1.29, 1.82) is 0 Å². The van der Waals surface area contributed by atoms with Crippen molar-refractivity contribution in [3.8, 4) is 5.95 Å². The van der Waals surface area contributed by atoms with Gasteiger partial charge in [0.15, 0.2) is 0 Å². The van der Waals surface area contributed by atoms with Crippen LogP contribution in [0.15, 0.2) is 41.0 Å². The Bertz CT molecular complexity index is 748. The first-order valence-electron chi connectivity index (χ1n) is 7.81. The van der Waals surface area contributed by atoms with E-state index in [2.05, 4.69) is 0 Å². The Morgan fingerprint density at radius 3 is 2.67 bits per heavy atom. The van der Waals surface area contributed by atoms with Gasteiger partial charge in [-0.15, -0.1) is 0 Å². The molecule has 1 unspecified atom stereocenters. The Hall–Kier alpha value is -2.76. The van der Waals surface area contributed by atoms with Crippen molar-refractivity contribution >= 4 is 11.9 Å². The predicted molar refractivity (Wildman–Crippen MR) is 83.5 cm³/mol. The van der Waals surface area contributed by atoms with Gasteiger partial charge in [-0.3, -0.25) is 0 Å². The molecular formula is C18H18O6. The zero-order valence-electron chi connectivity index (χ0n) is 13.5. The molecule has 0 amide bonds. The molecular weight excluding hydrogens is 312 g/mol. The molecule has 6 nitrogen and oxygen atoms in total. The van der Waals surface area contributed by atoms with Gasteiger partial charge in [-0.1, -0.05) is 25.1 Å². The highest BCUT2D eigenvalue weighted by molar-refractivity contribution is 5.93. The maximum Gasteiger partial charge on any atom is 0.355 e. The zero-order valence-corrected chi connectivity index (χ0v) is 13.5. The van der Waals surface area contributed by atoms with E-state index in [4.69, 9.17) is 18.6 Å². The lowest BCUT2D eigenvalue weighted by atomic mass is 9.88. The van der Waals surface area contributed by atoms with E-state index in [1.165, 1.54) is 6.26 Å². The largest absolute Gasteiger partial charge is 0.465 e. The number of fused-ring (bicyclic) bond motifs is 1. The van der Waals surface area contributed by atoms with Crippen molar-refractivity contribution in [3.63, 3.8) is 0 Å². The summed E-state index contributed by atoms with van der Waals surface area (Å²) in [7, 11) is 0. The van der Waals surface area contributed by atoms with Crippen molar-refractivity contribution in [1.82, 2.24) is 0 Å². The van der Waals surface area contributed by atoms with Gasteiger partial charge in [0.1, 0.15) is 12.9 Å². The second-order valence-electron chi connectivity index (χ2n) is 5.36. The summed E-state index contributed by atoms with van der Waals surface area (Å²) in [6.45, 7) is 4.02. The summed E-state index contributed by atoms with van der Waals surface area (Å²) in [6, 6.07) is 8.50. The third-order valence-electron chi connectivity index (χ3n) is 4.02. The van der Waals surface area contributed by atoms with Gasteiger partial charge >= 0.3 is 11.9 Å². The number of ether oxygens (including phenoxy) is 3. The monoisotopic (exact) mass is 330 g/mol. The van der Waals surface area contributed by atoms with Gasteiger partial charge in [-0.2, -0.15) is 0 Å². The summed E-state index contributed by atoms with van der Waals surface area (Å²) in [6.07, 6.45) is 1.63. The molecule has 2 aromatic rings. The minimum absolute atomic E-state index is 0.0324. The number of cyclic esters (lactones) is 1. The van der Waals surface area contributed by atoms with Gasteiger partial charge in [0.25, 0.3) is 5.95 Å². The predicted octanol–water partition coefficient (Wildman–Crippen LogP) is 3.20. The third kappa shape index (κ3) is 2.54. The molecule has 2 heterocycles. The fourth-order valence-corrected chi connectivity index (χ4v) is 2.75. The molecule has 0 aliphatic carbocycles. The number of furan rings is 1. The summed E-state index contributed by atoms with van der Waals surface area (Å²) >= 11 is 0. The molecule has 1 aromatic carbocycles. The Kier molecular flexibility index (Phi) is 4.29. The highest BCUT2D eigenvalue weighted by Gasteiger charge is 2.51. The van der Waals surface area contributed by atoms with Crippen LogP contribution in [-0.2, 0) is 26.5 Å². The number of carbonyl (C=O) groups is 2. The molecule has 0 bridgehead atoms. The molecule has 24 heavy (non-hydrogen) atoms. The fraction of sp³-hybridized carbons (Fsp3) is 0.333. The van der Waals surface area contributed by atoms with E-state index < -0.39 is 17.5 Å². The molecule has 1 aliphatic rings. The number of benzene rings is 1. The molecule has 1 aliphatic heterocycles. The van der Waals surface area contributed by atoms with E-state index in [1.54, 1.807) is 37.3 Å². The zero-order chi connectivity index (χ0) is 17.2. The number of rotatable bonds is 5. The highest BCUT2D eigenvalue weighted by atomic mass is 16.6. The van der Waals surface area contributed by atoms with Gasteiger partial charge in [-0.25, -0.2) is 9.59 Å². The Morgan fingerprint density at radius 2 is 2.00 bits per heavy atom. The number of hydrogen-bond donors (Lipinski definition) is 0. The highest BCUT2D eigenvalue weighted by Crippen LogP contribution is 2.43. The quantitative estimate of drug-likeness (QED) is 0.784. The van der Waals surface area contributed by atoms with Crippen LogP contribution in [-0.4, -0.2) is 18.5 Å². The lowest BCUT2D eigenvalue weighted by molar-refractivity contribution is -0.173. The van der Waals surface area contributed by atoms with Crippen molar-refractivity contribution in [2.24, 2.45) is 0 Å². The molecule has 1 atom stereocenters. The summed E-state index contributed by atoms with van der Waals surface area (Å²) < 4.78 is 21.7. The molecule has 3 rings (SSSR count). The van der Waals surface area contributed by atoms with E-state index in [0.717, 1.165) is 0 Å². The second kappa shape index (κ2) is 6.39. The molecule has 1 aromatic heterocycles. The summed E-state index contributed by atoms with van der Waals surface area (Å²) in [5.74, 6) is -0.916. The van der Waals surface area contributed by atoms with Crippen LogP contribution in [0.3, 0.4) is 0 Å². The van der Waals surface area contributed by atoms with E-state index in [-0.39, 0.29) is 19.0 Å². The number of carbonyl (C=O) groups excluding carboxylic acids is 2. The van der Waals surface area contributed by atoms with E-state index in [0.29, 0.717) is 23.3 Å². The summed E-state index contributed by atoms with van der Waals surface area (Å²) in [5, 5.41) is 0. The van der Waals surface area contributed by atoms with Crippen LogP contribution in [0, 0.1) is 0 Å². The van der Waals surface area contributed by atoms with Crippen molar-refractivity contribution in [2.75, 3.05) is 6.61 Å². The first kappa shape index (κ1) is 16.1. The van der Waals surface area contributed by atoms with Gasteiger partial charge in [0, 0.05) is 0 Å². The Balaban J connectivity index is 2.00. The van der Waals surface area contributed by atoms with Crippen LogP contribution in [0.25, 0.3) is 0 Å². The third-order valence-corrected chi connectivity index (χ3v) is 4.02. The minimum Gasteiger partial charge on any atom is -0.465 e.